The second-order valence-corrected chi connectivity index (χ2v) is 16.1. The van der Waals surface area contributed by atoms with E-state index >= 15 is 4.79 Å². The number of likely N-dealkylation sites (tertiary alicyclic amines) is 1. The van der Waals surface area contributed by atoms with Crippen LogP contribution in [0.25, 0.3) is 0 Å². The topological polar surface area (TPSA) is 129 Å². The van der Waals surface area contributed by atoms with E-state index in [9.17, 15) is 32.7 Å². The van der Waals surface area contributed by atoms with Gasteiger partial charge < -0.3 is 9.84 Å². The second-order valence-electron chi connectivity index (χ2n) is 13.8. The fourth-order valence-corrected chi connectivity index (χ4v) is 10.1. The van der Waals surface area contributed by atoms with Crippen molar-refractivity contribution >= 4 is 75.6 Å². The van der Waals surface area contributed by atoms with Gasteiger partial charge in [-0.1, -0.05) is 64.7 Å². The number of aromatic hydroxyl groups is 1. The Hall–Kier alpha value is -4.63. The Morgan fingerprint density at radius 3 is 2.40 bits per heavy atom. The SMILES string of the molecule is COc1cc(C2C3=CCC4C(=O)N(Cc5cccs5)C(=O)C4C3CC3C(=O)N(Nc4ncc(C(F)(F)F)cc4Cl)C(=O)C32c2ccc(Cl)cc2)cc(Cl)c1O. The molecule has 2 N–H and O–H groups in total. The molecule has 10 nitrogen and oxygen atoms in total. The molecule has 17 heteroatoms. The molecule has 0 bridgehead atoms. The van der Waals surface area contributed by atoms with Crippen molar-refractivity contribution in [1.29, 1.82) is 0 Å². The van der Waals surface area contributed by atoms with Crippen molar-refractivity contribution in [2.45, 2.75) is 36.9 Å². The zero-order chi connectivity index (χ0) is 39.1. The van der Waals surface area contributed by atoms with Gasteiger partial charge in [0.1, 0.15) is 0 Å². The zero-order valence-corrected chi connectivity index (χ0v) is 31.5. The predicted octanol–water partition coefficient (Wildman–Crippen LogP) is 8.02. The summed E-state index contributed by atoms with van der Waals surface area (Å²) in [4.78, 5) is 64.3. The Bertz CT molecular complexity index is 2310. The molecule has 4 heterocycles. The van der Waals surface area contributed by atoms with Gasteiger partial charge in [0.2, 0.25) is 11.8 Å². The van der Waals surface area contributed by atoms with Crippen LogP contribution in [0.15, 0.2) is 77.8 Å². The molecule has 4 amide bonds. The van der Waals surface area contributed by atoms with Gasteiger partial charge >= 0.3 is 6.18 Å². The summed E-state index contributed by atoms with van der Waals surface area (Å²) in [6.45, 7) is 0.0900. The first-order valence-electron chi connectivity index (χ1n) is 16.9. The van der Waals surface area contributed by atoms with E-state index in [2.05, 4.69) is 10.4 Å². The third-order valence-electron chi connectivity index (χ3n) is 11.1. The first-order chi connectivity index (χ1) is 26.2. The van der Waals surface area contributed by atoms with Gasteiger partial charge in [-0.05, 0) is 71.7 Å². The van der Waals surface area contributed by atoms with E-state index in [1.807, 2.05) is 23.6 Å². The fourth-order valence-electron chi connectivity index (χ4n) is 8.85. The number of carbonyl (C=O) groups excluding carboxylic acids is 4. The lowest BCUT2D eigenvalue weighted by atomic mass is 9.49. The van der Waals surface area contributed by atoms with Crippen LogP contribution >= 0.6 is 46.1 Å². The molecule has 0 spiro atoms. The first-order valence-corrected chi connectivity index (χ1v) is 19.0. The van der Waals surface area contributed by atoms with E-state index < -0.39 is 69.5 Å². The molecule has 6 atom stereocenters. The van der Waals surface area contributed by atoms with Crippen LogP contribution in [-0.4, -0.2) is 50.7 Å². The van der Waals surface area contributed by atoms with Gasteiger partial charge in [-0.15, -0.1) is 11.3 Å². The number of rotatable bonds is 7. The summed E-state index contributed by atoms with van der Waals surface area (Å²) in [5.41, 5.74) is 0.983. The lowest BCUT2D eigenvalue weighted by Crippen LogP contribution is -2.53. The molecular formula is C38H28Cl3F3N4O6S. The third kappa shape index (κ3) is 5.79. The molecule has 55 heavy (non-hydrogen) atoms. The fraction of sp³-hybridized carbons (Fsp3) is 0.289. The summed E-state index contributed by atoms with van der Waals surface area (Å²) in [6, 6.07) is 13.6. The minimum atomic E-state index is -4.76. The van der Waals surface area contributed by atoms with Crippen LogP contribution in [0.3, 0.4) is 0 Å². The highest BCUT2D eigenvalue weighted by Gasteiger charge is 2.70. The number of ether oxygens (including phenoxy) is 1. The van der Waals surface area contributed by atoms with E-state index in [0.717, 1.165) is 4.88 Å². The average molecular weight is 832 g/mol. The van der Waals surface area contributed by atoms with Crippen molar-refractivity contribution in [3.8, 4) is 11.5 Å². The molecule has 4 aromatic rings. The number of hydrogen-bond acceptors (Lipinski definition) is 9. The molecule has 284 valence electrons. The summed E-state index contributed by atoms with van der Waals surface area (Å²) in [7, 11) is 1.32. The number of pyridine rings is 1. The number of alkyl halides is 3. The van der Waals surface area contributed by atoms with Crippen LogP contribution in [-0.2, 0) is 37.3 Å². The lowest BCUT2D eigenvalue weighted by molar-refractivity contribution is -0.142. The van der Waals surface area contributed by atoms with Crippen LogP contribution in [0.4, 0.5) is 19.0 Å². The van der Waals surface area contributed by atoms with Crippen molar-refractivity contribution in [2.24, 2.45) is 23.7 Å². The van der Waals surface area contributed by atoms with Gasteiger partial charge in [-0.2, -0.15) is 18.2 Å². The van der Waals surface area contributed by atoms with Gasteiger partial charge in [0.25, 0.3) is 11.8 Å². The molecule has 6 unspecified atom stereocenters. The number of methoxy groups -OCH3 is 1. The normalized spacial score (nSPS) is 26.2. The maximum Gasteiger partial charge on any atom is 0.417 e. The van der Waals surface area contributed by atoms with Crippen LogP contribution in [0.5, 0.6) is 11.5 Å². The number of hydrazine groups is 1. The van der Waals surface area contributed by atoms with Crippen molar-refractivity contribution in [2.75, 3.05) is 12.5 Å². The molecular weight excluding hydrogens is 804 g/mol. The predicted molar refractivity (Wildman–Crippen MR) is 196 cm³/mol. The number of nitrogens with one attached hydrogen (secondary N) is 1. The van der Waals surface area contributed by atoms with Crippen LogP contribution in [0.2, 0.25) is 15.1 Å². The Morgan fingerprint density at radius 2 is 1.75 bits per heavy atom. The van der Waals surface area contributed by atoms with E-state index in [0.29, 0.717) is 39.0 Å². The highest BCUT2D eigenvalue weighted by atomic mass is 35.5. The van der Waals surface area contributed by atoms with E-state index in [4.69, 9.17) is 39.5 Å². The van der Waals surface area contributed by atoms with Gasteiger partial charge in [0.05, 0.1) is 52.4 Å². The number of halogens is 6. The number of phenols is 1. The van der Waals surface area contributed by atoms with Crippen molar-refractivity contribution in [1.82, 2.24) is 14.9 Å². The maximum absolute atomic E-state index is 15.3. The molecule has 4 aliphatic rings. The van der Waals surface area contributed by atoms with Gasteiger partial charge in [0.15, 0.2) is 17.3 Å². The van der Waals surface area contributed by atoms with Crippen LogP contribution in [0, 0.1) is 23.7 Å². The Balaban J connectivity index is 1.32. The number of imide groups is 2. The number of anilines is 1. The molecule has 2 aromatic carbocycles. The van der Waals surface area contributed by atoms with E-state index in [-0.39, 0.29) is 47.6 Å². The van der Waals surface area contributed by atoms with Gasteiger partial charge in [0, 0.05) is 22.0 Å². The molecule has 2 saturated heterocycles. The number of benzene rings is 2. The maximum atomic E-state index is 15.3. The van der Waals surface area contributed by atoms with E-state index in [1.54, 1.807) is 24.3 Å². The standard InChI is InChI=1S/C38H28Cl3F3N4O6S/c1-54-28-12-17(11-26(40)31(28)49)30-22-8-9-23-29(35(52)47(33(23)50)16-21-3-2-10-55-21)24(22)14-25-34(51)48(36(53)37(25,30)18-4-6-20(39)7-5-18)46-32-27(41)13-19(15-45-32)38(42,43)44/h2-8,10-13,15,23-25,29-30,49H,9,14,16H2,1H3,(H,45,46). The molecule has 0 radical (unpaired) electrons. The Kier molecular flexibility index (Phi) is 9.18. The molecule has 3 fully saturated rings. The number of aromatic nitrogens is 1. The van der Waals surface area contributed by atoms with Crippen molar-refractivity contribution < 1.29 is 42.2 Å². The first kappa shape index (κ1) is 37.3. The van der Waals surface area contributed by atoms with Gasteiger partial charge in [-0.25, -0.2) is 4.98 Å². The van der Waals surface area contributed by atoms with E-state index in [1.165, 1.54) is 35.5 Å². The number of amides is 4. The summed E-state index contributed by atoms with van der Waals surface area (Å²) in [5, 5.41) is 13.0. The van der Waals surface area contributed by atoms with Crippen LogP contribution in [0.1, 0.15) is 40.3 Å². The molecule has 2 aliphatic heterocycles. The summed E-state index contributed by atoms with van der Waals surface area (Å²) in [6.07, 6.45) is -2.28. The quantitative estimate of drug-likeness (QED) is 0.142. The number of nitrogens with zero attached hydrogens (tertiary/aromatic N) is 3. The lowest BCUT2D eigenvalue weighted by Gasteiger charge is -2.50. The average Bonchev–Trinajstić information content (AvgIpc) is 3.81. The number of thiophene rings is 1. The number of carbonyl (C=O) groups is 4. The third-order valence-corrected chi connectivity index (χ3v) is 12.8. The monoisotopic (exact) mass is 830 g/mol. The summed E-state index contributed by atoms with van der Waals surface area (Å²) < 4.78 is 45.9. The molecule has 1 saturated carbocycles. The zero-order valence-electron chi connectivity index (χ0n) is 28.4. The van der Waals surface area contributed by atoms with Crippen molar-refractivity contribution in [3.05, 3.63) is 114 Å². The number of phenolic OH excluding ortho intramolecular Hbond substituents is 1. The van der Waals surface area contributed by atoms with Gasteiger partial charge in [-0.3, -0.25) is 29.5 Å². The number of hydrogen-bond donors (Lipinski definition) is 2. The minimum absolute atomic E-state index is 0.0246. The van der Waals surface area contributed by atoms with Crippen LogP contribution < -0.4 is 10.2 Å². The molecule has 2 aliphatic carbocycles. The summed E-state index contributed by atoms with van der Waals surface area (Å²) >= 11 is 20.6. The minimum Gasteiger partial charge on any atom is -0.503 e. The molecule has 8 rings (SSSR count). The molecule has 2 aromatic heterocycles. The Morgan fingerprint density at radius 1 is 1.00 bits per heavy atom. The number of fused-ring (bicyclic) bond motifs is 4. The second kappa shape index (κ2) is 13.5. The summed E-state index contributed by atoms with van der Waals surface area (Å²) in [5.74, 6) is -7.67. The Labute approximate surface area is 330 Å². The number of allylic oxidation sites excluding steroid dienone is 2. The van der Waals surface area contributed by atoms with Crippen molar-refractivity contribution in [3.63, 3.8) is 0 Å². The largest absolute Gasteiger partial charge is 0.503 e. The smallest absolute Gasteiger partial charge is 0.417 e. The highest BCUT2D eigenvalue weighted by molar-refractivity contribution is 7.09. The highest BCUT2D eigenvalue weighted by Crippen LogP contribution is 2.65.